The fraction of sp³-hybridized carbons (Fsp3) is 0. The number of carbonyl (C=O) groups is 1. The van der Waals surface area contributed by atoms with Gasteiger partial charge >= 0.3 is 0 Å². The van der Waals surface area contributed by atoms with Crippen molar-refractivity contribution in [3.05, 3.63) is 101 Å². The zero-order valence-electron chi connectivity index (χ0n) is 14.6. The molecule has 0 saturated carbocycles. The Balaban J connectivity index is 1.79. The third-order valence-corrected chi connectivity index (χ3v) is 4.77. The van der Waals surface area contributed by atoms with Crippen molar-refractivity contribution in [3.63, 3.8) is 0 Å². The predicted octanol–water partition coefficient (Wildman–Crippen LogP) is 6.10. The molecule has 0 radical (unpaired) electrons. The predicted molar refractivity (Wildman–Crippen MR) is 113 cm³/mol. The molecular formula is C22H15Cl2N3O. The van der Waals surface area contributed by atoms with Gasteiger partial charge in [0.1, 0.15) is 11.5 Å². The largest absolute Gasteiger partial charge is 0.321 e. The summed E-state index contributed by atoms with van der Waals surface area (Å²) in [6.45, 7) is 0. The molecule has 1 aromatic heterocycles. The van der Waals surface area contributed by atoms with Crippen LogP contribution < -0.4 is 5.32 Å². The van der Waals surface area contributed by atoms with Crippen molar-refractivity contribution >= 4 is 34.8 Å². The van der Waals surface area contributed by atoms with E-state index in [1.807, 2.05) is 65.2 Å². The van der Waals surface area contributed by atoms with Gasteiger partial charge in [0, 0.05) is 28.2 Å². The molecule has 0 atom stereocenters. The Hall–Kier alpha value is -3.08. The van der Waals surface area contributed by atoms with Crippen LogP contribution in [0.25, 0.3) is 17.1 Å². The van der Waals surface area contributed by atoms with Crippen LogP contribution in [0.4, 0.5) is 5.69 Å². The second-order valence-electron chi connectivity index (χ2n) is 6.10. The van der Waals surface area contributed by atoms with Crippen molar-refractivity contribution in [2.75, 3.05) is 5.32 Å². The number of hydrogen-bond acceptors (Lipinski definition) is 2. The maximum absolute atomic E-state index is 12.7. The quantitative estimate of drug-likeness (QED) is 0.444. The van der Waals surface area contributed by atoms with Crippen LogP contribution in [-0.4, -0.2) is 15.5 Å². The molecule has 0 unspecified atom stereocenters. The molecule has 0 aliphatic heterocycles. The Labute approximate surface area is 172 Å². The maximum Gasteiger partial charge on any atom is 0.275 e. The summed E-state index contributed by atoms with van der Waals surface area (Å²) in [5.74, 6) is 0.276. The molecule has 4 rings (SSSR count). The standard InChI is InChI=1S/C22H15Cl2N3O/c23-15-10-12-17(13-11-15)27-14-20(22(28)25-16-6-2-1-3-7-16)26-21(27)18-8-4-5-9-19(18)24/h1-14H,(H,25,28). The first kappa shape index (κ1) is 18.3. The van der Waals surface area contributed by atoms with E-state index in [4.69, 9.17) is 23.2 Å². The molecule has 1 N–H and O–H groups in total. The molecule has 0 bridgehead atoms. The number of para-hydroxylation sites is 1. The summed E-state index contributed by atoms with van der Waals surface area (Å²) in [5, 5.41) is 4.04. The minimum Gasteiger partial charge on any atom is -0.321 e. The number of anilines is 1. The van der Waals surface area contributed by atoms with Crippen molar-refractivity contribution in [3.8, 4) is 17.1 Å². The van der Waals surface area contributed by atoms with Gasteiger partial charge in [0.15, 0.2) is 0 Å². The summed E-state index contributed by atoms with van der Waals surface area (Å²) in [4.78, 5) is 17.3. The highest BCUT2D eigenvalue weighted by Crippen LogP contribution is 2.29. The average molecular weight is 408 g/mol. The van der Waals surface area contributed by atoms with Gasteiger partial charge in [-0.05, 0) is 48.5 Å². The van der Waals surface area contributed by atoms with Gasteiger partial charge in [-0.15, -0.1) is 0 Å². The van der Waals surface area contributed by atoms with Gasteiger partial charge in [-0.2, -0.15) is 0 Å². The lowest BCUT2D eigenvalue weighted by atomic mass is 10.2. The summed E-state index contributed by atoms with van der Waals surface area (Å²) in [5.41, 5.74) is 2.55. The molecule has 1 amide bonds. The highest BCUT2D eigenvalue weighted by atomic mass is 35.5. The van der Waals surface area contributed by atoms with Crippen LogP contribution >= 0.6 is 23.2 Å². The Morgan fingerprint density at radius 1 is 0.857 bits per heavy atom. The number of nitrogens with zero attached hydrogens (tertiary/aromatic N) is 2. The maximum atomic E-state index is 12.7. The van der Waals surface area contributed by atoms with Crippen molar-refractivity contribution in [2.24, 2.45) is 0 Å². The normalized spacial score (nSPS) is 10.6. The van der Waals surface area contributed by atoms with E-state index in [-0.39, 0.29) is 11.6 Å². The van der Waals surface area contributed by atoms with E-state index in [0.29, 0.717) is 21.6 Å². The van der Waals surface area contributed by atoms with Gasteiger partial charge in [-0.25, -0.2) is 4.98 Å². The number of aromatic nitrogens is 2. The summed E-state index contributed by atoms with van der Waals surface area (Å²) < 4.78 is 1.83. The molecule has 6 heteroatoms. The van der Waals surface area contributed by atoms with E-state index in [2.05, 4.69) is 10.3 Å². The van der Waals surface area contributed by atoms with Crippen LogP contribution in [0.3, 0.4) is 0 Å². The highest BCUT2D eigenvalue weighted by molar-refractivity contribution is 6.33. The molecule has 3 aromatic carbocycles. The number of rotatable bonds is 4. The van der Waals surface area contributed by atoms with Crippen molar-refractivity contribution in [2.45, 2.75) is 0 Å². The first-order chi connectivity index (χ1) is 13.6. The third-order valence-electron chi connectivity index (χ3n) is 4.19. The van der Waals surface area contributed by atoms with Gasteiger partial charge in [-0.1, -0.05) is 53.5 Å². The van der Waals surface area contributed by atoms with Gasteiger partial charge < -0.3 is 5.32 Å². The van der Waals surface area contributed by atoms with E-state index in [9.17, 15) is 4.79 Å². The van der Waals surface area contributed by atoms with E-state index in [1.54, 1.807) is 24.4 Å². The third kappa shape index (κ3) is 3.79. The summed E-state index contributed by atoms with van der Waals surface area (Å²) in [6.07, 6.45) is 1.69. The molecular weight excluding hydrogens is 393 g/mol. The van der Waals surface area contributed by atoms with E-state index in [1.165, 1.54) is 0 Å². The number of amides is 1. The number of hydrogen-bond donors (Lipinski definition) is 1. The fourth-order valence-corrected chi connectivity index (χ4v) is 3.18. The van der Waals surface area contributed by atoms with Crippen molar-refractivity contribution < 1.29 is 4.79 Å². The second-order valence-corrected chi connectivity index (χ2v) is 6.94. The van der Waals surface area contributed by atoms with Crippen LogP contribution in [0.15, 0.2) is 85.1 Å². The summed E-state index contributed by atoms with van der Waals surface area (Å²) in [7, 11) is 0. The first-order valence-electron chi connectivity index (χ1n) is 8.58. The Bertz CT molecular complexity index is 1120. The van der Waals surface area contributed by atoms with Crippen LogP contribution in [0.1, 0.15) is 10.5 Å². The van der Waals surface area contributed by atoms with E-state index < -0.39 is 0 Å². The molecule has 0 fully saturated rings. The molecule has 4 aromatic rings. The van der Waals surface area contributed by atoms with Crippen molar-refractivity contribution in [1.82, 2.24) is 9.55 Å². The van der Waals surface area contributed by atoms with Gasteiger partial charge in [0.2, 0.25) is 0 Å². The number of halogens is 2. The molecule has 0 aliphatic rings. The molecule has 138 valence electrons. The minimum atomic E-state index is -0.299. The number of benzene rings is 3. The topological polar surface area (TPSA) is 46.9 Å². The first-order valence-corrected chi connectivity index (χ1v) is 9.34. The van der Waals surface area contributed by atoms with Crippen LogP contribution in [0.2, 0.25) is 10.0 Å². The fourth-order valence-electron chi connectivity index (χ4n) is 2.84. The molecule has 28 heavy (non-hydrogen) atoms. The van der Waals surface area contributed by atoms with Gasteiger partial charge in [0.05, 0.1) is 5.02 Å². The second kappa shape index (κ2) is 7.89. The smallest absolute Gasteiger partial charge is 0.275 e. The molecule has 0 spiro atoms. The lowest BCUT2D eigenvalue weighted by Gasteiger charge is -2.09. The lowest BCUT2D eigenvalue weighted by Crippen LogP contribution is -2.12. The van der Waals surface area contributed by atoms with E-state index >= 15 is 0 Å². The van der Waals surface area contributed by atoms with Gasteiger partial charge in [-0.3, -0.25) is 9.36 Å². The van der Waals surface area contributed by atoms with E-state index in [0.717, 1.165) is 11.3 Å². The summed E-state index contributed by atoms with van der Waals surface area (Å²) in [6, 6.07) is 24.0. The average Bonchev–Trinajstić information content (AvgIpc) is 3.15. The number of nitrogens with one attached hydrogen (secondary N) is 1. The molecule has 1 heterocycles. The van der Waals surface area contributed by atoms with Crippen LogP contribution in [-0.2, 0) is 0 Å². The van der Waals surface area contributed by atoms with Crippen LogP contribution in [0, 0.1) is 0 Å². The highest BCUT2D eigenvalue weighted by Gasteiger charge is 2.18. The Kier molecular flexibility index (Phi) is 5.15. The Morgan fingerprint density at radius 2 is 1.54 bits per heavy atom. The number of imidazole rings is 1. The summed E-state index contributed by atoms with van der Waals surface area (Å²) >= 11 is 12.4. The SMILES string of the molecule is O=C(Nc1ccccc1)c1cn(-c2ccc(Cl)cc2)c(-c2ccccc2Cl)n1. The van der Waals surface area contributed by atoms with Crippen molar-refractivity contribution in [1.29, 1.82) is 0 Å². The molecule has 0 aliphatic carbocycles. The molecule has 0 saturated heterocycles. The number of carbonyl (C=O) groups excluding carboxylic acids is 1. The molecule has 4 nitrogen and oxygen atoms in total. The van der Waals surface area contributed by atoms with Gasteiger partial charge in [0.25, 0.3) is 5.91 Å². The van der Waals surface area contributed by atoms with Crippen LogP contribution in [0.5, 0.6) is 0 Å². The monoisotopic (exact) mass is 407 g/mol. The zero-order valence-corrected chi connectivity index (χ0v) is 16.2. The zero-order chi connectivity index (χ0) is 19.5. The Morgan fingerprint density at radius 3 is 2.25 bits per heavy atom. The lowest BCUT2D eigenvalue weighted by molar-refractivity contribution is 0.102. The minimum absolute atomic E-state index is 0.286.